The first-order valence-corrected chi connectivity index (χ1v) is 9.41. The summed E-state index contributed by atoms with van der Waals surface area (Å²) in [6, 6.07) is 11.9. The van der Waals surface area contributed by atoms with Crippen molar-refractivity contribution >= 4 is 39.3 Å². The van der Waals surface area contributed by atoms with Crippen LogP contribution < -0.4 is 5.32 Å². The van der Waals surface area contributed by atoms with Gasteiger partial charge < -0.3 is 9.73 Å². The first-order valence-electron chi connectivity index (χ1n) is 7.63. The van der Waals surface area contributed by atoms with Crippen LogP contribution in [-0.4, -0.2) is 16.6 Å². The van der Waals surface area contributed by atoms with Crippen molar-refractivity contribution in [3.05, 3.63) is 64.8 Å². The summed E-state index contributed by atoms with van der Waals surface area (Å²) in [4.78, 5) is 16.1. The molecule has 27 heavy (non-hydrogen) atoms. The standard InChI is InChI=1S/C18H12BrF3N2O2S/c19-13-5-1-3-11(7-13)15-9-23-17(26-15)27-10-16(25)24-14-6-2-4-12(8-14)18(20,21)22/h1-9H,10H2,(H,24,25). The highest BCUT2D eigenvalue weighted by Crippen LogP contribution is 2.31. The van der Waals surface area contributed by atoms with Crippen molar-refractivity contribution in [1.82, 2.24) is 4.98 Å². The summed E-state index contributed by atoms with van der Waals surface area (Å²) in [5.41, 5.74) is 0.0918. The predicted molar refractivity (Wildman–Crippen MR) is 100 cm³/mol. The Morgan fingerprint density at radius 1 is 1.19 bits per heavy atom. The maximum atomic E-state index is 12.7. The summed E-state index contributed by atoms with van der Waals surface area (Å²) >= 11 is 4.43. The molecule has 1 heterocycles. The Bertz CT molecular complexity index is 960. The first-order chi connectivity index (χ1) is 12.8. The van der Waals surface area contributed by atoms with Crippen LogP contribution in [0.1, 0.15) is 5.56 Å². The van der Waals surface area contributed by atoms with Gasteiger partial charge in [-0.1, -0.05) is 45.9 Å². The molecule has 0 aliphatic heterocycles. The minimum absolute atomic E-state index is 0.0469. The Labute approximate surface area is 165 Å². The van der Waals surface area contributed by atoms with Gasteiger partial charge in [0.25, 0.3) is 5.22 Å². The quantitative estimate of drug-likeness (QED) is 0.489. The van der Waals surface area contributed by atoms with Crippen LogP contribution in [0.5, 0.6) is 0 Å². The lowest BCUT2D eigenvalue weighted by Crippen LogP contribution is -2.15. The summed E-state index contributed by atoms with van der Waals surface area (Å²) in [6.45, 7) is 0. The second-order valence-electron chi connectivity index (χ2n) is 5.42. The van der Waals surface area contributed by atoms with Gasteiger partial charge >= 0.3 is 6.18 Å². The molecule has 9 heteroatoms. The van der Waals surface area contributed by atoms with E-state index in [1.807, 2.05) is 24.3 Å². The number of thioether (sulfide) groups is 1. The number of nitrogens with one attached hydrogen (secondary N) is 1. The fourth-order valence-electron chi connectivity index (χ4n) is 2.20. The molecular formula is C18H12BrF3N2O2S. The second-order valence-corrected chi connectivity index (χ2v) is 7.26. The van der Waals surface area contributed by atoms with Crippen LogP contribution in [0.25, 0.3) is 11.3 Å². The normalized spacial score (nSPS) is 11.4. The van der Waals surface area contributed by atoms with E-state index in [-0.39, 0.29) is 11.4 Å². The molecule has 3 aromatic rings. The van der Waals surface area contributed by atoms with E-state index in [1.165, 1.54) is 12.1 Å². The van der Waals surface area contributed by atoms with Gasteiger partial charge in [-0.2, -0.15) is 13.2 Å². The van der Waals surface area contributed by atoms with Crippen molar-refractivity contribution in [2.75, 3.05) is 11.1 Å². The van der Waals surface area contributed by atoms with Crippen molar-refractivity contribution in [2.45, 2.75) is 11.4 Å². The van der Waals surface area contributed by atoms with Crippen molar-refractivity contribution in [3.8, 4) is 11.3 Å². The van der Waals surface area contributed by atoms with E-state index >= 15 is 0 Å². The van der Waals surface area contributed by atoms with Gasteiger partial charge in [0.05, 0.1) is 17.5 Å². The lowest BCUT2D eigenvalue weighted by atomic mass is 10.2. The molecule has 0 saturated carbocycles. The summed E-state index contributed by atoms with van der Waals surface area (Å²) in [7, 11) is 0. The molecule has 0 aliphatic carbocycles. The van der Waals surface area contributed by atoms with E-state index in [2.05, 4.69) is 26.2 Å². The molecule has 0 aliphatic rings. The molecule has 0 bridgehead atoms. The zero-order valence-electron chi connectivity index (χ0n) is 13.6. The maximum Gasteiger partial charge on any atom is 0.416 e. The molecule has 1 amide bonds. The van der Waals surface area contributed by atoms with Crippen LogP contribution in [0.2, 0.25) is 0 Å². The number of carbonyl (C=O) groups excluding carboxylic acids is 1. The summed E-state index contributed by atoms with van der Waals surface area (Å²) in [6.07, 6.45) is -2.91. The third kappa shape index (κ3) is 5.36. The number of halogens is 4. The fourth-order valence-corrected chi connectivity index (χ4v) is 3.20. The predicted octanol–water partition coefficient (Wildman–Crippen LogP) is 5.85. The first kappa shape index (κ1) is 19.5. The van der Waals surface area contributed by atoms with Crippen molar-refractivity contribution in [1.29, 1.82) is 0 Å². The Morgan fingerprint density at radius 2 is 1.96 bits per heavy atom. The third-order valence-corrected chi connectivity index (χ3v) is 4.73. The van der Waals surface area contributed by atoms with Crippen LogP contribution in [0.3, 0.4) is 0 Å². The van der Waals surface area contributed by atoms with E-state index in [0.717, 1.165) is 33.9 Å². The minimum atomic E-state index is -4.46. The van der Waals surface area contributed by atoms with Crippen LogP contribution in [0.15, 0.2) is 68.8 Å². The van der Waals surface area contributed by atoms with Gasteiger partial charge in [-0.25, -0.2) is 4.98 Å². The van der Waals surface area contributed by atoms with E-state index in [0.29, 0.717) is 11.0 Å². The third-order valence-electron chi connectivity index (χ3n) is 3.39. The molecule has 1 aromatic heterocycles. The topological polar surface area (TPSA) is 55.1 Å². The zero-order chi connectivity index (χ0) is 19.4. The lowest BCUT2D eigenvalue weighted by molar-refractivity contribution is -0.137. The van der Waals surface area contributed by atoms with E-state index < -0.39 is 17.6 Å². The molecule has 140 valence electrons. The SMILES string of the molecule is O=C(CSc1ncc(-c2cccc(Br)c2)o1)Nc1cccc(C(F)(F)F)c1. The Morgan fingerprint density at radius 3 is 2.70 bits per heavy atom. The zero-order valence-corrected chi connectivity index (χ0v) is 16.0. The van der Waals surface area contributed by atoms with Gasteiger partial charge in [-0.05, 0) is 30.3 Å². The van der Waals surface area contributed by atoms with Crippen molar-refractivity contribution in [3.63, 3.8) is 0 Å². The van der Waals surface area contributed by atoms with E-state index in [4.69, 9.17) is 4.42 Å². The van der Waals surface area contributed by atoms with E-state index in [9.17, 15) is 18.0 Å². The van der Waals surface area contributed by atoms with Crippen LogP contribution >= 0.6 is 27.7 Å². The summed E-state index contributed by atoms with van der Waals surface area (Å²) < 4.78 is 44.6. The highest BCUT2D eigenvalue weighted by molar-refractivity contribution is 9.10. The number of anilines is 1. The Hall–Kier alpha value is -2.26. The van der Waals surface area contributed by atoms with Crippen molar-refractivity contribution in [2.24, 2.45) is 0 Å². The molecule has 0 unspecified atom stereocenters. The molecule has 0 atom stereocenters. The average molecular weight is 457 g/mol. The smallest absolute Gasteiger partial charge is 0.416 e. The number of rotatable bonds is 5. The largest absolute Gasteiger partial charge is 0.431 e. The summed E-state index contributed by atoms with van der Waals surface area (Å²) in [5, 5.41) is 2.73. The van der Waals surface area contributed by atoms with Crippen LogP contribution in [0, 0.1) is 0 Å². The number of benzene rings is 2. The van der Waals surface area contributed by atoms with Gasteiger partial charge in [-0.15, -0.1) is 0 Å². The molecule has 0 radical (unpaired) electrons. The Kier molecular flexibility index (Phi) is 5.91. The number of aromatic nitrogens is 1. The highest BCUT2D eigenvalue weighted by Gasteiger charge is 2.30. The molecule has 3 rings (SSSR count). The minimum Gasteiger partial charge on any atom is -0.431 e. The number of alkyl halides is 3. The number of hydrogen-bond donors (Lipinski definition) is 1. The van der Waals surface area contributed by atoms with Gasteiger partial charge in [0.15, 0.2) is 5.76 Å². The number of oxazole rings is 1. The second kappa shape index (κ2) is 8.18. The van der Waals surface area contributed by atoms with E-state index in [1.54, 1.807) is 6.20 Å². The average Bonchev–Trinajstić information content (AvgIpc) is 3.09. The molecule has 0 fully saturated rings. The number of carbonyl (C=O) groups is 1. The number of nitrogens with zero attached hydrogens (tertiary/aromatic N) is 1. The highest BCUT2D eigenvalue weighted by atomic mass is 79.9. The molecule has 0 spiro atoms. The number of hydrogen-bond acceptors (Lipinski definition) is 4. The number of amides is 1. The Balaban J connectivity index is 1.59. The molecule has 4 nitrogen and oxygen atoms in total. The van der Waals surface area contributed by atoms with Gasteiger partial charge in [-0.3, -0.25) is 4.79 Å². The molecule has 1 N–H and O–H groups in total. The van der Waals surface area contributed by atoms with Gasteiger partial charge in [0.1, 0.15) is 0 Å². The van der Waals surface area contributed by atoms with Crippen molar-refractivity contribution < 1.29 is 22.4 Å². The monoisotopic (exact) mass is 456 g/mol. The van der Waals surface area contributed by atoms with Crippen LogP contribution in [-0.2, 0) is 11.0 Å². The lowest BCUT2D eigenvalue weighted by Gasteiger charge is -2.09. The summed E-state index contributed by atoms with van der Waals surface area (Å²) in [5.74, 6) is 0.0490. The van der Waals surface area contributed by atoms with Crippen LogP contribution in [0.4, 0.5) is 18.9 Å². The molecular weight excluding hydrogens is 445 g/mol. The maximum absolute atomic E-state index is 12.7. The van der Waals surface area contributed by atoms with Gasteiger partial charge in [0, 0.05) is 15.7 Å². The van der Waals surface area contributed by atoms with Gasteiger partial charge in [0.2, 0.25) is 5.91 Å². The fraction of sp³-hybridized carbons (Fsp3) is 0.111. The molecule has 0 saturated heterocycles. The molecule has 2 aromatic carbocycles.